The fourth-order valence-corrected chi connectivity index (χ4v) is 1.71. The zero-order chi connectivity index (χ0) is 10.2. The third-order valence-corrected chi connectivity index (χ3v) is 2.40. The summed E-state index contributed by atoms with van der Waals surface area (Å²) in [5, 5.41) is 0. The van der Waals surface area contributed by atoms with Crippen molar-refractivity contribution in [3.8, 4) is 0 Å². The summed E-state index contributed by atoms with van der Waals surface area (Å²) in [5.41, 5.74) is 5.78. The Morgan fingerprint density at radius 3 is 2.38 bits per heavy atom. The largest absolute Gasteiger partial charge is 0.324 e. The molecule has 0 bridgehead atoms. The van der Waals surface area contributed by atoms with Gasteiger partial charge in [0.05, 0.1) is 4.47 Å². The third kappa shape index (κ3) is 1.89. The van der Waals surface area contributed by atoms with Crippen LogP contribution in [0.1, 0.15) is 24.1 Å². The van der Waals surface area contributed by atoms with Crippen LogP contribution in [0, 0.1) is 18.6 Å². The predicted octanol–water partition coefficient (Wildman–Crippen LogP) is 3.06. The standard InChI is InChI=1S/C9H10BrF2N/c1-4-3-6(10)9(12)7(5(2)13)8(4)11/h3,5H,13H2,1-2H3. The number of hydrogen-bond acceptors (Lipinski definition) is 1. The topological polar surface area (TPSA) is 26.0 Å². The van der Waals surface area contributed by atoms with E-state index < -0.39 is 17.7 Å². The monoisotopic (exact) mass is 249 g/mol. The van der Waals surface area contributed by atoms with Crippen molar-refractivity contribution < 1.29 is 8.78 Å². The maximum atomic E-state index is 13.4. The molecule has 2 N–H and O–H groups in total. The zero-order valence-corrected chi connectivity index (χ0v) is 8.95. The van der Waals surface area contributed by atoms with Crippen LogP contribution in [0.4, 0.5) is 8.78 Å². The first kappa shape index (κ1) is 10.6. The van der Waals surface area contributed by atoms with Gasteiger partial charge < -0.3 is 5.73 Å². The first-order valence-electron chi connectivity index (χ1n) is 3.84. The van der Waals surface area contributed by atoms with Gasteiger partial charge in [0.1, 0.15) is 11.6 Å². The fraction of sp³-hybridized carbons (Fsp3) is 0.333. The molecule has 1 unspecified atom stereocenters. The van der Waals surface area contributed by atoms with Gasteiger partial charge in [-0.1, -0.05) is 0 Å². The number of rotatable bonds is 1. The molecule has 0 aliphatic rings. The molecule has 0 aromatic heterocycles. The van der Waals surface area contributed by atoms with Gasteiger partial charge in [-0.3, -0.25) is 0 Å². The molecule has 1 rings (SSSR count). The summed E-state index contributed by atoms with van der Waals surface area (Å²) in [7, 11) is 0. The highest BCUT2D eigenvalue weighted by Crippen LogP contribution is 2.27. The zero-order valence-electron chi connectivity index (χ0n) is 7.37. The highest BCUT2D eigenvalue weighted by molar-refractivity contribution is 9.10. The Labute approximate surface area is 84.1 Å². The van der Waals surface area contributed by atoms with Crippen LogP contribution in [0.3, 0.4) is 0 Å². The molecule has 0 aliphatic heterocycles. The van der Waals surface area contributed by atoms with Crippen molar-refractivity contribution in [1.82, 2.24) is 0 Å². The average molecular weight is 250 g/mol. The second kappa shape index (κ2) is 3.72. The molecule has 0 aliphatic carbocycles. The highest BCUT2D eigenvalue weighted by Gasteiger charge is 2.17. The van der Waals surface area contributed by atoms with Crippen LogP contribution in [-0.4, -0.2) is 0 Å². The van der Waals surface area contributed by atoms with Crippen LogP contribution in [0.2, 0.25) is 0 Å². The summed E-state index contributed by atoms with van der Waals surface area (Å²) < 4.78 is 26.9. The maximum absolute atomic E-state index is 13.4. The number of halogens is 3. The van der Waals surface area contributed by atoms with Gasteiger partial charge in [0, 0.05) is 11.6 Å². The minimum Gasteiger partial charge on any atom is -0.324 e. The van der Waals surface area contributed by atoms with Gasteiger partial charge in [-0.05, 0) is 41.4 Å². The predicted molar refractivity (Wildman–Crippen MR) is 51.4 cm³/mol. The molecule has 72 valence electrons. The molecule has 0 saturated carbocycles. The Morgan fingerprint density at radius 2 is 1.92 bits per heavy atom. The lowest BCUT2D eigenvalue weighted by molar-refractivity contribution is 0.528. The molecule has 0 spiro atoms. The van der Waals surface area contributed by atoms with Gasteiger partial charge in [-0.2, -0.15) is 0 Å². The maximum Gasteiger partial charge on any atom is 0.145 e. The van der Waals surface area contributed by atoms with Gasteiger partial charge in [0.2, 0.25) is 0 Å². The van der Waals surface area contributed by atoms with E-state index in [0.717, 1.165) is 0 Å². The lowest BCUT2D eigenvalue weighted by Crippen LogP contribution is -2.11. The van der Waals surface area contributed by atoms with E-state index in [1.54, 1.807) is 13.8 Å². The van der Waals surface area contributed by atoms with E-state index in [9.17, 15) is 8.78 Å². The molecule has 4 heteroatoms. The summed E-state index contributed by atoms with van der Waals surface area (Å²) in [4.78, 5) is 0. The Morgan fingerprint density at radius 1 is 1.38 bits per heavy atom. The summed E-state index contributed by atoms with van der Waals surface area (Å²) in [6.07, 6.45) is 0. The second-order valence-electron chi connectivity index (χ2n) is 3.01. The molecule has 0 radical (unpaired) electrons. The molecule has 0 saturated heterocycles. The number of hydrogen-bond donors (Lipinski definition) is 1. The van der Waals surface area contributed by atoms with Gasteiger partial charge >= 0.3 is 0 Å². The van der Waals surface area contributed by atoms with Crippen molar-refractivity contribution in [2.24, 2.45) is 5.73 Å². The highest BCUT2D eigenvalue weighted by atomic mass is 79.9. The molecule has 1 atom stereocenters. The fourth-order valence-electron chi connectivity index (χ4n) is 1.15. The lowest BCUT2D eigenvalue weighted by atomic mass is 10.0. The Balaban J connectivity index is 3.46. The van der Waals surface area contributed by atoms with Crippen molar-refractivity contribution in [3.63, 3.8) is 0 Å². The smallest absolute Gasteiger partial charge is 0.145 e. The van der Waals surface area contributed by atoms with E-state index in [0.29, 0.717) is 5.56 Å². The van der Waals surface area contributed by atoms with Gasteiger partial charge in [0.25, 0.3) is 0 Å². The van der Waals surface area contributed by atoms with Crippen LogP contribution in [0.15, 0.2) is 10.5 Å². The SMILES string of the molecule is Cc1cc(Br)c(F)c(C(C)N)c1F. The number of nitrogens with two attached hydrogens (primary N) is 1. The van der Waals surface area contributed by atoms with Crippen LogP contribution >= 0.6 is 15.9 Å². The summed E-state index contributed by atoms with van der Waals surface area (Å²) >= 11 is 3.00. The normalized spacial score (nSPS) is 13.1. The van der Waals surface area contributed by atoms with Crippen LogP contribution in [-0.2, 0) is 0 Å². The first-order valence-corrected chi connectivity index (χ1v) is 4.64. The van der Waals surface area contributed by atoms with Crippen LogP contribution < -0.4 is 5.73 Å². The molecule has 0 fully saturated rings. The van der Waals surface area contributed by atoms with E-state index in [-0.39, 0.29) is 10.0 Å². The van der Waals surface area contributed by atoms with Crippen LogP contribution in [0.5, 0.6) is 0 Å². The Hall–Kier alpha value is -0.480. The molecule has 1 aromatic carbocycles. The average Bonchev–Trinajstić information content (AvgIpc) is 2.01. The van der Waals surface area contributed by atoms with Gasteiger partial charge in [0.15, 0.2) is 0 Å². The van der Waals surface area contributed by atoms with Crippen molar-refractivity contribution >= 4 is 15.9 Å². The second-order valence-corrected chi connectivity index (χ2v) is 3.86. The van der Waals surface area contributed by atoms with E-state index in [1.807, 2.05) is 0 Å². The lowest BCUT2D eigenvalue weighted by Gasteiger charge is -2.11. The van der Waals surface area contributed by atoms with E-state index in [1.165, 1.54) is 6.07 Å². The molecule has 13 heavy (non-hydrogen) atoms. The van der Waals surface area contributed by atoms with Crippen molar-refractivity contribution in [3.05, 3.63) is 33.3 Å². The summed E-state index contributed by atoms with van der Waals surface area (Å²) in [6, 6.07) is 0.757. The third-order valence-electron chi connectivity index (χ3n) is 1.83. The van der Waals surface area contributed by atoms with Gasteiger partial charge in [-0.25, -0.2) is 8.78 Å². The molecule has 0 amide bonds. The number of benzene rings is 1. The Kier molecular flexibility index (Phi) is 3.03. The summed E-state index contributed by atoms with van der Waals surface area (Å²) in [5.74, 6) is -1.17. The quantitative estimate of drug-likeness (QED) is 0.761. The van der Waals surface area contributed by atoms with Crippen molar-refractivity contribution in [2.75, 3.05) is 0 Å². The van der Waals surface area contributed by atoms with Crippen LogP contribution in [0.25, 0.3) is 0 Å². The minimum atomic E-state index is -0.642. The number of aryl methyl sites for hydroxylation is 1. The van der Waals surface area contributed by atoms with Crippen molar-refractivity contribution in [2.45, 2.75) is 19.9 Å². The minimum absolute atomic E-state index is 0.0631. The molecule has 0 heterocycles. The molecular formula is C9H10BrF2N. The first-order chi connectivity index (χ1) is 5.95. The van der Waals surface area contributed by atoms with E-state index >= 15 is 0 Å². The molecular weight excluding hydrogens is 240 g/mol. The molecule has 1 aromatic rings. The van der Waals surface area contributed by atoms with Crippen molar-refractivity contribution in [1.29, 1.82) is 0 Å². The van der Waals surface area contributed by atoms with E-state index in [4.69, 9.17) is 5.73 Å². The van der Waals surface area contributed by atoms with Gasteiger partial charge in [-0.15, -0.1) is 0 Å². The molecule has 1 nitrogen and oxygen atoms in total. The Bertz CT molecular complexity index is 311. The van der Waals surface area contributed by atoms with E-state index in [2.05, 4.69) is 15.9 Å². The summed E-state index contributed by atoms with van der Waals surface area (Å²) in [6.45, 7) is 3.12.